The molecule has 9 rings (SSSR count). The molecular formula is C41H25N5. The number of nitrogens with zero attached hydrogens (tertiary/aromatic N) is 5. The van der Waals surface area contributed by atoms with Crippen LogP contribution < -0.4 is 0 Å². The second kappa shape index (κ2) is 10.7. The maximum Gasteiger partial charge on any atom is 0.162 e. The highest BCUT2D eigenvalue weighted by atomic mass is 14.9. The molecular weight excluding hydrogens is 562 g/mol. The lowest BCUT2D eigenvalue weighted by molar-refractivity contribution is 1.23. The molecule has 5 nitrogen and oxygen atoms in total. The summed E-state index contributed by atoms with van der Waals surface area (Å²) in [5.41, 5.74) is 10.7. The Kier molecular flexibility index (Phi) is 6.06. The first-order valence-corrected chi connectivity index (χ1v) is 15.3. The van der Waals surface area contributed by atoms with Gasteiger partial charge in [0.1, 0.15) is 0 Å². The molecule has 0 aliphatic rings. The SMILES string of the molecule is c1cc(-c2ccc(-c3nc(-c4cccc5cccnc45)nc4ccccc34)cc2)cc(-c2ccc3ccc4cccnc4c3n2)c1. The number of hydrogen-bond acceptors (Lipinski definition) is 5. The standard InChI is InChI=1S/C41H25N5/c1-2-14-36-33(12-1)38(46-41(45-36)34-13-4-7-27-10-5-23-42-37(27)34)29-17-15-26(16-18-29)31-8-3-9-32(25-31)35-22-21-30-20-19-28-11-6-24-43-39(28)40(30)44-35/h1-25H. The van der Waals surface area contributed by atoms with Gasteiger partial charge in [0.05, 0.1) is 33.5 Å². The Balaban J connectivity index is 1.11. The minimum Gasteiger partial charge on any atom is -0.255 e. The fraction of sp³-hybridized carbons (Fsp3) is 0. The van der Waals surface area contributed by atoms with Crippen LogP contribution in [0.3, 0.4) is 0 Å². The number of fused-ring (bicyclic) bond motifs is 5. The van der Waals surface area contributed by atoms with Gasteiger partial charge in [0, 0.05) is 50.6 Å². The molecule has 46 heavy (non-hydrogen) atoms. The van der Waals surface area contributed by atoms with Crippen LogP contribution in [0.2, 0.25) is 0 Å². The van der Waals surface area contributed by atoms with Gasteiger partial charge in [0.15, 0.2) is 5.82 Å². The van der Waals surface area contributed by atoms with Crippen LogP contribution in [-0.4, -0.2) is 24.9 Å². The highest BCUT2D eigenvalue weighted by Gasteiger charge is 2.14. The summed E-state index contributed by atoms with van der Waals surface area (Å²) in [5, 5.41) is 4.25. The largest absolute Gasteiger partial charge is 0.255 e. The highest BCUT2D eigenvalue weighted by Crippen LogP contribution is 2.34. The number of benzene rings is 5. The Morgan fingerprint density at radius 1 is 0.391 bits per heavy atom. The summed E-state index contributed by atoms with van der Waals surface area (Å²) in [6.07, 6.45) is 3.64. The molecule has 5 heteroatoms. The summed E-state index contributed by atoms with van der Waals surface area (Å²) in [6.45, 7) is 0. The summed E-state index contributed by atoms with van der Waals surface area (Å²) in [6, 6.07) is 48.0. The zero-order valence-electron chi connectivity index (χ0n) is 24.7. The van der Waals surface area contributed by atoms with Crippen molar-refractivity contribution < 1.29 is 0 Å². The van der Waals surface area contributed by atoms with Gasteiger partial charge in [-0.15, -0.1) is 0 Å². The summed E-state index contributed by atoms with van der Waals surface area (Å²) >= 11 is 0. The van der Waals surface area contributed by atoms with E-state index >= 15 is 0 Å². The molecule has 4 heterocycles. The van der Waals surface area contributed by atoms with Crippen molar-refractivity contribution in [3.63, 3.8) is 0 Å². The van der Waals surface area contributed by atoms with E-state index in [-0.39, 0.29) is 0 Å². The Labute approximate surface area is 264 Å². The molecule has 5 aromatic carbocycles. The van der Waals surface area contributed by atoms with Crippen LogP contribution in [0.15, 0.2) is 152 Å². The molecule has 0 aliphatic carbocycles. The molecule has 4 aromatic heterocycles. The van der Waals surface area contributed by atoms with Crippen LogP contribution in [-0.2, 0) is 0 Å². The quantitative estimate of drug-likeness (QED) is 0.192. The van der Waals surface area contributed by atoms with Crippen molar-refractivity contribution in [3.05, 3.63) is 152 Å². The zero-order valence-corrected chi connectivity index (χ0v) is 24.7. The molecule has 0 radical (unpaired) electrons. The summed E-state index contributed by atoms with van der Waals surface area (Å²) in [4.78, 5) is 24.4. The molecule has 0 saturated carbocycles. The Bertz CT molecular complexity index is 2590. The third-order valence-corrected chi connectivity index (χ3v) is 8.56. The Hall–Kier alpha value is -6.33. The fourth-order valence-corrected chi connectivity index (χ4v) is 6.26. The lowest BCUT2D eigenvalue weighted by Gasteiger charge is -2.12. The van der Waals surface area contributed by atoms with E-state index in [1.54, 1.807) is 0 Å². The van der Waals surface area contributed by atoms with Crippen LogP contribution in [0.1, 0.15) is 0 Å². The molecule has 0 bridgehead atoms. The van der Waals surface area contributed by atoms with Crippen molar-refractivity contribution in [2.45, 2.75) is 0 Å². The lowest BCUT2D eigenvalue weighted by atomic mass is 9.98. The van der Waals surface area contributed by atoms with Crippen molar-refractivity contribution in [2.24, 2.45) is 0 Å². The van der Waals surface area contributed by atoms with Gasteiger partial charge in [-0.3, -0.25) is 9.97 Å². The molecule has 9 aromatic rings. The van der Waals surface area contributed by atoms with E-state index in [4.69, 9.17) is 15.0 Å². The molecule has 0 saturated heterocycles. The van der Waals surface area contributed by atoms with E-state index in [1.165, 1.54) is 0 Å². The van der Waals surface area contributed by atoms with Crippen molar-refractivity contribution in [1.82, 2.24) is 24.9 Å². The average molecular weight is 588 g/mol. The molecule has 0 amide bonds. The predicted octanol–water partition coefficient (Wildman–Crippen LogP) is 9.94. The molecule has 0 spiro atoms. The second-order valence-corrected chi connectivity index (χ2v) is 11.4. The van der Waals surface area contributed by atoms with Crippen molar-refractivity contribution in [3.8, 4) is 45.0 Å². The van der Waals surface area contributed by atoms with Crippen LogP contribution >= 0.6 is 0 Å². The van der Waals surface area contributed by atoms with E-state index in [9.17, 15) is 0 Å². The molecule has 0 fully saturated rings. The van der Waals surface area contributed by atoms with Gasteiger partial charge >= 0.3 is 0 Å². The number of hydrogen-bond donors (Lipinski definition) is 0. The average Bonchev–Trinajstić information content (AvgIpc) is 3.14. The van der Waals surface area contributed by atoms with Crippen LogP contribution in [0, 0.1) is 0 Å². The molecule has 0 unspecified atom stereocenters. The lowest BCUT2D eigenvalue weighted by Crippen LogP contribution is -1.96. The van der Waals surface area contributed by atoms with E-state index in [2.05, 4.69) is 107 Å². The third-order valence-electron chi connectivity index (χ3n) is 8.56. The number of para-hydroxylation sites is 2. The first-order chi connectivity index (χ1) is 22.8. The highest BCUT2D eigenvalue weighted by molar-refractivity contribution is 6.03. The first kappa shape index (κ1) is 26.1. The van der Waals surface area contributed by atoms with E-state index in [0.717, 1.165) is 82.8 Å². The number of rotatable bonds is 4. The second-order valence-electron chi connectivity index (χ2n) is 11.4. The fourth-order valence-electron chi connectivity index (χ4n) is 6.26. The normalized spacial score (nSPS) is 11.5. The molecule has 0 aliphatic heterocycles. The minimum atomic E-state index is 0.667. The molecule has 0 atom stereocenters. The van der Waals surface area contributed by atoms with Crippen LogP contribution in [0.25, 0.3) is 88.6 Å². The number of pyridine rings is 3. The van der Waals surface area contributed by atoms with E-state index in [1.807, 2.05) is 54.9 Å². The van der Waals surface area contributed by atoms with Crippen LogP contribution in [0.5, 0.6) is 0 Å². The predicted molar refractivity (Wildman–Crippen MR) is 187 cm³/mol. The van der Waals surface area contributed by atoms with Gasteiger partial charge in [0.2, 0.25) is 0 Å². The first-order valence-electron chi connectivity index (χ1n) is 15.3. The molecule has 214 valence electrons. The van der Waals surface area contributed by atoms with Gasteiger partial charge in [-0.2, -0.15) is 0 Å². The van der Waals surface area contributed by atoms with Crippen molar-refractivity contribution in [2.75, 3.05) is 0 Å². The smallest absolute Gasteiger partial charge is 0.162 e. The summed E-state index contributed by atoms with van der Waals surface area (Å²) in [5.74, 6) is 0.667. The maximum absolute atomic E-state index is 5.13. The maximum atomic E-state index is 5.13. The summed E-state index contributed by atoms with van der Waals surface area (Å²) in [7, 11) is 0. The van der Waals surface area contributed by atoms with Gasteiger partial charge in [-0.25, -0.2) is 15.0 Å². The Morgan fingerprint density at radius 2 is 1.07 bits per heavy atom. The zero-order chi connectivity index (χ0) is 30.5. The minimum absolute atomic E-state index is 0.667. The van der Waals surface area contributed by atoms with Crippen molar-refractivity contribution >= 4 is 43.6 Å². The monoisotopic (exact) mass is 587 g/mol. The summed E-state index contributed by atoms with van der Waals surface area (Å²) < 4.78 is 0. The topological polar surface area (TPSA) is 64.5 Å². The van der Waals surface area contributed by atoms with Gasteiger partial charge in [-0.05, 0) is 47.5 Å². The third kappa shape index (κ3) is 4.45. The molecule has 0 N–H and O–H groups in total. The van der Waals surface area contributed by atoms with Gasteiger partial charge in [-0.1, -0.05) is 103 Å². The van der Waals surface area contributed by atoms with E-state index in [0.29, 0.717) is 5.82 Å². The van der Waals surface area contributed by atoms with Crippen LogP contribution in [0.4, 0.5) is 0 Å². The van der Waals surface area contributed by atoms with Gasteiger partial charge in [0.25, 0.3) is 0 Å². The number of aromatic nitrogens is 5. The van der Waals surface area contributed by atoms with Crippen molar-refractivity contribution in [1.29, 1.82) is 0 Å². The Morgan fingerprint density at radius 3 is 1.93 bits per heavy atom. The van der Waals surface area contributed by atoms with E-state index < -0.39 is 0 Å². The van der Waals surface area contributed by atoms with Gasteiger partial charge < -0.3 is 0 Å².